The average Bonchev–Trinajstić information content (AvgIpc) is 2.91. The second kappa shape index (κ2) is 3.54. The van der Waals surface area contributed by atoms with Gasteiger partial charge < -0.3 is 4.90 Å². The minimum absolute atomic E-state index is 0.0119. The van der Waals surface area contributed by atoms with Crippen LogP contribution in [0.15, 0.2) is 0 Å². The first kappa shape index (κ1) is 9.97. The van der Waals surface area contributed by atoms with E-state index >= 15 is 0 Å². The molecule has 3 heteroatoms. The summed E-state index contributed by atoms with van der Waals surface area (Å²) in [5, 5.41) is 3.29. The van der Waals surface area contributed by atoms with Crippen LogP contribution in [0, 0.1) is 5.92 Å². The third-order valence-corrected chi connectivity index (χ3v) is 3.48. The fraction of sp³-hybridized carbons (Fsp3) is 0.909. The Kier molecular flexibility index (Phi) is 2.52. The van der Waals surface area contributed by atoms with E-state index in [4.69, 9.17) is 0 Å². The van der Waals surface area contributed by atoms with Crippen LogP contribution in [0.5, 0.6) is 0 Å². The van der Waals surface area contributed by atoms with E-state index < -0.39 is 0 Å². The highest BCUT2D eigenvalue weighted by molar-refractivity contribution is 5.84. The lowest BCUT2D eigenvalue weighted by atomic mass is 10.1. The molecule has 1 saturated heterocycles. The van der Waals surface area contributed by atoms with Crippen LogP contribution >= 0.6 is 0 Å². The van der Waals surface area contributed by atoms with E-state index in [2.05, 4.69) is 24.1 Å². The van der Waals surface area contributed by atoms with E-state index in [1.807, 2.05) is 6.92 Å². The van der Waals surface area contributed by atoms with Crippen molar-refractivity contribution in [3.05, 3.63) is 0 Å². The fourth-order valence-corrected chi connectivity index (χ4v) is 2.62. The van der Waals surface area contributed by atoms with Crippen molar-refractivity contribution >= 4 is 5.91 Å². The van der Waals surface area contributed by atoms with E-state index in [1.54, 1.807) is 0 Å². The second-order valence-corrected chi connectivity index (χ2v) is 4.62. The molecule has 1 N–H and O–H groups in total. The number of hydrogen-bond acceptors (Lipinski definition) is 2. The number of carbonyl (C=O) groups is 1. The molecule has 1 saturated carbocycles. The van der Waals surface area contributed by atoms with Gasteiger partial charge in [-0.25, -0.2) is 0 Å². The van der Waals surface area contributed by atoms with Crippen LogP contribution in [-0.4, -0.2) is 29.1 Å². The third-order valence-electron chi connectivity index (χ3n) is 3.48. The molecule has 0 radical (unpaired) electrons. The zero-order valence-electron chi connectivity index (χ0n) is 9.29. The van der Waals surface area contributed by atoms with Crippen molar-refractivity contribution in [1.82, 2.24) is 10.2 Å². The van der Waals surface area contributed by atoms with Gasteiger partial charge in [-0.1, -0.05) is 6.92 Å². The van der Waals surface area contributed by atoms with Crippen molar-refractivity contribution in [2.24, 2.45) is 5.92 Å². The van der Waals surface area contributed by atoms with Crippen LogP contribution in [0.25, 0.3) is 0 Å². The van der Waals surface area contributed by atoms with E-state index in [1.165, 1.54) is 12.8 Å². The van der Waals surface area contributed by atoms with Gasteiger partial charge >= 0.3 is 0 Å². The number of carbonyl (C=O) groups excluding carboxylic acids is 1. The minimum atomic E-state index is 0.0119. The highest BCUT2D eigenvalue weighted by Crippen LogP contribution is 2.38. The number of rotatable bonds is 3. The van der Waals surface area contributed by atoms with Crippen LogP contribution in [0.4, 0.5) is 0 Å². The summed E-state index contributed by atoms with van der Waals surface area (Å²) in [6.07, 6.45) is 3.94. The summed E-state index contributed by atoms with van der Waals surface area (Å²) in [5.74, 6) is 1.06. The molecule has 3 unspecified atom stereocenters. The molecule has 0 bridgehead atoms. The molecule has 14 heavy (non-hydrogen) atoms. The van der Waals surface area contributed by atoms with Crippen molar-refractivity contribution < 1.29 is 4.79 Å². The molecule has 1 heterocycles. The molecule has 1 aliphatic carbocycles. The molecule has 0 spiro atoms. The van der Waals surface area contributed by atoms with Crippen LogP contribution < -0.4 is 5.32 Å². The molecule has 3 atom stereocenters. The summed E-state index contributed by atoms with van der Waals surface area (Å²) in [6.45, 7) is 6.23. The molecule has 0 aromatic heterocycles. The van der Waals surface area contributed by atoms with Crippen molar-refractivity contribution in [2.45, 2.75) is 58.3 Å². The Morgan fingerprint density at radius 1 is 1.50 bits per heavy atom. The Morgan fingerprint density at radius 2 is 2.14 bits per heavy atom. The molecule has 2 aliphatic rings. The smallest absolute Gasteiger partial charge is 0.240 e. The lowest BCUT2D eigenvalue weighted by Crippen LogP contribution is -2.44. The predicted molar refractivity (Wildman–Crippen MR) is 55.7 cm³/mol. The Morgan fingerprint density at radius 3 is 2.50 bits per heavy atom. The topological polar surface area (TPSA) is 32.3 Å². The first-order valence-electron chi connectivity index (χ1n) is 5.73. The summed E-state index contributed by atoms with van der Waals surface area (Å²) in [7, 11) is 0. The molecule has 1 aliphatic heterocycles. The quantitative estimate of drug-likeness (QED) is 0.739. The van der Waals surface area contributed by atoms with Gasteiger partial charge in [-0.15, -0.1) is 0 Å². The molecule has 80 valence electrons. The highest BCUT2D eigenvalue weighted by atomic mass is 16.2. The molecule has 1 amide bonds. The maximum Gasteiger partial charge on any atom is 0.240 e. The van der Waals surface area contributed by atoms with Gasteiger partial charge in [0.2, 0.25) is 5.91 Å². The Balaban J connectivity index is 2.10. The van der Waals surface area contributed by atoms with Gasteiger partial charge in [0.25, 0.3) is 0 Å². The van der Waals surface area contributed by atoms with Crippen molar-refractivity contribution in [3.8, 4) is 0 Å². The summed E-state index contributed by atoms with van der Waals surface area (Å²) in [5.41, 5.74) is 0. The summed E-state index contributed by atoms with van der Waals surface area (Å²) >= 11 is 0. The van der Waals surface area contributed by atoms with Crippen molar-refractivity contribution in [2.75, 3.05) is 0 Å². The van der Waals surface area contributed by atoms with Gasteiger partial charge in [-0.2, -0.15) is 0 Å². The Bertz CT molecular complexity index is 237. The van der Waals surface area contributed by atoms with Gasteiger partial charge in [-0.05, 0) is 39.0 Å². The van der Waals surface area contributed by atoms with E-state index in [-0.39, 0.29) is 18.1 Å². The Labute approximate surface area is 85.8 Å². The van der Waals surface area contributed by atoms with E-state index in [0.29, 0.717) is 6.04 Å². The zero-order valence-corrected chi connectivity index (χ0v) is 9.29. The minimum Gasteiger partial charge on any atom is -0.323 e. The van der Waals surface area contributed by atoms with Crippen LogP contribution in [0.2, 0.25) is 0 Å². The fourth-order valence-electron chi connectivity index (χ4n) is 2.62. The van der Waals surface area contributed by atoms with Crippen molar-refractivity contribution in [1.29, 1.82) is 0 Å². The Hall–Kier alpha value is -0.570. The first-order valence-corrected chi connectivity index (χ1v) is 5.73. The third kappa shape index (κ3) is 1.54. The first-order chi connectivity index (χ1) is 6.65. The maximum atomic E-state index is 11.9. The predicted octanol–water partition coefficient (Wildman–Crippen LogP) is 1.34. The van der Waals surface area contributed by atoms with Gasteiger partial charge in [0.1, 0.15) is 0 Å². The maximum absolute atomic E-state index is 11.9. The molecule has 0 aromatic rings. The van der Waals surface area contributed by atoms with E-state index in [0.717, 1.165) is 12.3 Å². The summed E-state index contributed by atoms with van der Waals surface area (Å²) in [4.78, 5) is 14.0. The van der Waals surface area contributed by atoms with Gasteiger partial charge in [0.15, 0.2) is 0 Å². The van der Waals surface area contributed by atoms with Gasteiger partial charge in [0.05, 0.1) is 12.2 Å². The van der Waals surface area contributed by atoms with Gasteiger partial charge in [-0.3, -0.25) is 10.1 Å². The lowest BCUT2D eigenvalue weighted by Gasteiger charge is -2.30. The van der Waals surface area contributed by atoms with Crippen LogP contribution in [0.1, 0.15) is 40.0 Å². The molecular formula is C11H20N2O. The lowest BCUT2D eigenvalue weighted by molar-refractivity contribution is -0.132. The summed E-state index contributed by atoms with van der Waals surface area (Å²) in [6, 6.07) is 0.493. The van der Waals surface area contributed by atoms with Crippen LogP contribution in [0.3, 0.4) is 0 Å². The highest BCUT2D eigenvalue weighted by Gasteiger charge is 2.43. The monoisotopic (exact) mass is 196 g/mol. The number of hydrogen-bond donors (Lipinski definition) is 1. The molecule has 3 nitrogen and oxygen atoms in total. The molecule has 0 aromatic carbocycles. The molecular weight excluding hydrogens is 176 g/mol. The zero-order chi connectivity index (χ0) is 10.3. The largest absolute Gasteiger partial charge is 0.323 e. The van der Waals surface area contributed by atoms with E-state index in [9.17, 15) is 4.79 Å². The molecule has 2 rings (SSSR count). The van der Waals surface area contributed by atoms with Crippen molar-refractivity contribution in [3.63, 3.8) is 0 Å². The number of amides is 1. The summed E-state index contributed by atoms with van der Waals surface area (Å²) < 4.78 is 0. The number of nitrogens with one attached hydrogen (secondary N) is 1. The number of nitrogens with zero attached hydrogens (tertiary/aromatic N) is 1. The normalized spacial score (nSPS) is 35.1. The van der Waals surface area contributed by atoms with Crippen LogP contribution in [-0.2, 0) is 4.79 Å². The SMILES string of the molecule is CCC(C1CC1)N1C(=O)C(C)NC1C. The average molecular weight is 196 g/mol. The molecule has 2 fully saturated rings. The second-order valence-electron chi connectivity index (χ2n) is 4.62. The standard InChI is InChI=1S/C11H20N2O/c1-4-10(9-5-6-9)13-8(3)12-7(2)11(13)14/h7-10,12H,4-6H2,1-3H3. The van der Waals surface area contributed by atoms with Gasteiger partial charge in [0, 0.05) is 6.04 Å².